The Kier molecular flexibility index (Phi) is 6.63. The van der Waals surface area contributed by atoms with E-state index < -0.39 is 41.8 Å². The monoisotopic (exact) mass is 562 g/mol. The number of carbonyl (C=O) groups excluding carboxylic acids is 4. The van der Waals surface area contributed by atoms with E-state index in [2.05, 4.69) is 17.4 Å². The lowest BCUT2D eigenvalue weighted by atomic mass is 9.73. The molecule has 0 spiro atoms. The van der Waals surface area contributed by atoms with E-state index in [0.29, 0.717) is 0 Å². The number of hydrogen-bond acceptors (Lipinski definition) is 5. The van der Waals surface area contributed by atoms with Crippen molar-refractivity contribution in [2.75, 3.05) is 16.8 Å². The molecule has 3 aliphatic rings. The van der Waals surface area contributed by atoms with Gasteiger partial charge in [0.2, 0.25) is 11.8 Å². The number of carbonyl (C=O) groups is 4. The molecule has 10 heteroatoms. The van der Waals surface area contributed by atoms with Crippen LogP contribution in [-0.4, -0.2) is 30.3 Å². The Morgan fingerprint density at radius 1 is 0.878 bits per heavy atom. The highest BCUT2D eigenvalue weighted by atomic mass is 19.4. The molecular weight excluding hydrogens is 537 g/mol. The molecule has 0 aromatic heterocycles. The Morgan fingerprint density at radius 3 is 2.34 bits per heavy atom. The minimum absolute atomic E-state index is 0.00575. The number of hydrogen-bond donors (Lipinski definition) is 1. The van der Waals surface area contributed by atoms with Crippen LogP contribution >= 0.6 is 0 Å². The Morgan fingerprint density at radius 2 is 1.59 bits per heavy atom. The number of nitrogens with zero attached hydrogens (tertiary/aromatic N) is 1. The first-order valence-corrected chi connectivity index (χ1v) is 13.3. The average Bonchev–Trinajstić information content (AvgIpc) is 3.63. The summed E-state index contributed by atoms with van der Waals surface area (Å²) in [7, 11) is 0. The fourth-order valence-electron chi connectivity index (χ4n) is 6.81. The minimum atomic E-state index is -4.67. The van der Waals surface area contributed by atoms with Crippen LogP contribution in [-0.2, 0) is 25.3 Å². The Hall–Kier alpha value is -4.47. The third-order valence-electron chi connectivity index (χ3n) is 8.42. The summed E-state index contributed by atoms with van der Waals surface area (Å²) >= 11 is 0. The summed E-state index contributed by atoms with van der Waals surface area (Å²) in [5.74, 6) is -2.81. The maximum Gasteiger partial charge on any atom is 0.418 e. The van der Waals surface area contributed by atoms with Crippen molar-refractivity contribution >= 4 is 35.1 Å². The second-order valence-corrected chi connectivity index (χ2v) is 10.7. The zero-order valence-corrected chi connectivity index (χ0v) is 21.6. The molecule has 1 heterocycles. The molecule has 1 aliphatic heterocycles. The number of fused-ring (bicyclic) bond motifs is 5. The first kappa shape index (κ1) is 26.7. The summed E-state index contributed by atoms with van der Waals surface area (Å²) in [6.07, 6.45) is -2.99. The number of para-hydroxylation sites is 1. The highest BCUT2D eigenvalue weighted by molar-refractivity contribution is 6.23. The molecule has 3 amide bonds. The maximum atomic E-state index is 13.6. The molecule has 41 heavy (non-hydrogen) atoms. The molecule has 6 rings (SSSR count). The zero-order chi connectivity index (χ0) is 28.9. The third-order valence-corrected chi connectivity index (χ3v) is 8.42. The summed E-state index contributed by atoms with van der Waals surface area (Å²) in [6.45, 7) is -0.828. The van der Waals surface area contributed by atoms with E-state index in [4.69, 9.17) is 4.74 Å². The van der Waals surface area contributed by atoms with Crippen LogP contribution < -0.4 is 10.2 Å². The Balaban J connectivity index is 1.13. The van der Waals surface area contributed by atoms with E-state index in [-0.39, 0.29) is 46.7 Å². The van der Waals surface area contributed by atoms with Crippen LogP contribution in [0.15, 0.2) is 78.9 Å². The number of ether oxygens (including phenoxy) is 1. The molecule has 3 aromatic carbocycles. The molecule has 1 N–H and O–H groups in total. The standard InChI is InChI=1S/C31H25F3N2O5/c32-31(33,34)23-11-4-5-12-24(23)35-25(37)16-41-30(40)18-9-6-10-20(13-18)36-28(38)26-19-14-21(17-7-2-1-3-8-17)22(15-19)27(26)29(36)39/h1-13,19,21-22,26-27H,14-16H2,(H,35,37)/t19-,21+,22+,26+,27+/m0/s1. The number of amides is 3. The quantitative estimate of drug-likeness (QED) is 0.320. The third kappa shape index (κ3) is 4.77. The first-order valence-electron chi connectivity index (χ1n) is 13.3. The van der Waals surface area contributed by atoms with Gasteiger partial charge in [-0.1, -0.05) is 48.5 Å². The number of esters is 1. The van der Waals surface area contributed by atoms with Crippen LogP contribution in [0.4, 0.5) is 24.5 Å². The number of imide groups is 1. The molecule has 0 radical (unpaired) electrons. The lowest BCUT2D eigenvalue weighted by molar-refractivity contribution is -0.137. The summed E-state index contributed by atoms with van der Waals surface area (Å²) in [5.41, 5.74) is -0.0755. The predicted molar refractivity (Wildman–Crippen MR) is 142 cm³/mol. The number of rotatable bonds is 6. The van der Waals surface area contributed by atoms with Crippen molar-refractivity contribution in [3.05, 3.63) is 95.6 Å². The van der Waals surface area contributed by atoms with Crippen molar-refractivity contribution in [1.82, 2.24) is 0 Å². The van der Waals surface area contributed by atoms with E-state index in [1.54, 1.807) is 6.07 Å². The highest BCUT2D eigenvalue weighted by Gasteiger charge is 2.64. The molecule has 0 unspecified atom stereocenters. The fourth-order valence-corrected chi connectivity index (χ4v) is 6.81. The molecule has 1 saturated heterocycles. The molecule has 2 aliphatic carbocycles. The van der Waals surface area contributed by atoms with Gasteiger partial charge in [-0.05, 0) is 66.5 Å². The van der Waals surface area contributed by atoms with Gasteiger partial charge in [0.15, 0.2) is 6.61 Å². The molecule has 2 saturated carbocycles. The van der Waals surface area contributed by atoms with Gasteiger partial charge in [-0.2, -0.15) is 13.2 Å². The predicted octanol–water partition coefficient (Wildman–Crippen LogP) is 5.43. The van der Waals surface area contributed by atoms with Gasteiger partial charge >= 0.3 is 12.1 Å². The summed E-state index contributed by atoms with van der Waals surface area (Å²) in [4.78, 5) is 53.1. The van der Waals surface area contributed by atoms with Gasteiger partial charge in [-0.15, -0.1) is 0 Å². The van der Waals surface area contributed by atoms with Crippen LogP contribution in [0, 0.1) is 23.7 Å². The van der Waals surface area contributed by atoms with Crippen molar-refractivity contribution in [3.8, 4) is 0 Å². The lowest BCUT2D eigenvalue weighted by Crippen LogP contribution is -2.33. The Labute approximate surface area is 233 Å². The molecule has 210 valence electrons. The van der Waals surface area contributed by atoms with Gasteiger partial charge in [-0.25, -0.2) is 4.79 Å². The molecule has 3 aromatic rings. The number of halogens is 3. The van der Waals surface area contributed by atoms with Gasteiger partial charge in [0.25, 0.3) is 5.91 Å². The van der Waals surface area contributed by atoms with E-state index in [9.17, 15) is 32.3 Å². The van der Waals surface area contributed by atoms with E-state index >= 15 is 0 Å². The van der Waals surface area contributed by atoms with E-state index in [0.717, 1.165) is 29.9 Å². The second-order valence-electron chi connectivity index (χ2n) is 10.7. The lowest BCUT2D eigenvalue weighted by Gasteiger charge is -2.28. The molecule has 2 bridgehead atoms. The number of alkyl halides is 3. The largest absolute Gasteiger partial charge is 0.452 e. The zero-order valence-electron chi connectivity index (χ0n) is 21.6. The smallest absolute Gasteiger partial charge is 0.418 e. The van der Waals surface area contributed by atoms with Gasteiger partial charge < -0.3 is 10.1 Å². The van der Waals surface area contributed by atoms with E-state index in [1.807, 2.05) is 18.2 Å². The molecule has 7 nitrogen and oxygen atoms in total. The highest BCUT2D eigenvalue weighted by Crippen LogP contribution is 2.61. The summed E-state index contributed by atoms with van der Waals surface area (Å²) in [6, 6.07) is 20.3. The fraction of sp³-hybridized carbons (Fsp3) is 0.290. The summed E-state index contributed by atoms with van der Waals surface area (Å²) in [5, 5.41) is 2.11. The Bertz CT molecular complexity index is 1540. The second kappa shape index (κ2) is 10.2. The minimum Gasteiger partial charge on any atom is -0.452 e. The van der Waals surface area contributed by atoms with Crippen molar-refractivity contribution in [2.24, 2.45) is 23.7 Å². The van der Waals surface area contributed by atoms with Gasteiger partial charge in [-0.3, -0.25) is 19.3 Å². The van der Waals surface area contributed by atoms with Crippen LogP contribution in [0.25, 0.3) is 0 Å². The number of benzene rings is 3. The molecular formula is C31H25F3N2O5. The normalized spacial score (nSPS) is 24.9. The van der Waals surface area contributed by atoms with Gasteiger partial charge in [0, 0.05) is 0 Å². The van der Waals surface area contributed by atoms with E-state index in [1.165, 1.54) is 35.9 Å². The van der Waals surface area contributed by atoms with Crippen molar-refractivity contribution in [2.45, 2.75) is 24.9 Å². The topological polar surface area (TPSA) is 92.8 Å². The molecule has 5 atom stereocenters. The van der Waals surface area contributed by atoms with Crippen molar-refractivity contribution < 1.29 is 37.1 Å². The average molecular weight is 563 g/mol. The van der Waals surface area contributed by atoms with Crippen LogP contribution in [0.2, 0.25) is 0 Å². The SMILES string of the molecule is O=C(COC(=O)c1cccc(N2C(=O)[C@@H]3[C@@H]4C[C@@H]([C@H]3C2=O)[C@@H](c2ccccc2)C4)c1)Nc1ccccc1C(F)(F)F. The van der Waals surface area contributed by atoms with Crippen LogP contribution in [0.3, 0.4) is 0 Å². The van der Waals surface area contributed by atoms with Gasteiger partial charge in [0.1, 0.15) is 0 Å². The number of nitrogens with one attached hydrogen (secondary N) is 1. The first-order chi connectivity index (χ1) is 19.6. The summed E-state index contributed by atoms with van der Waals surface area (Å²) < 4.78 is 44.6. The van der Waals surface area contributed by atoms with Gasteiger partial charge in [0.05, 0.1) is 34.3 Å². The maximum absolute atomic E-state index is 13.6. The van der Waals surface area contributed by atoms with Crippen LogP contribution in [0.1, 0.15) is 40.2 Å². The molecule has 3 fully saturated rings. The van der Waals surface area contributed by atoms with Crippen LogP contribution in [0.5, 0.6) is 0 Å². The van der Waals surface area contributed by atoms with Crippen molar-refractivity contribution in [3.63, 3.8) is 0 Å². The van der Waals surface area contributed by atoms with Crippen molar-refractivity contribution in [1.29, 1.82) is 0 Å². The number of anilines is 2.